The number of carbonyl (C=O) groups excluding carboxylic acids is 2. The molecule has 1 aliphatic heterocycles. The molecule has 1 aliphatic rings. The monoisotopic (exact) mass is 622 g/mol. The first-order valence-corrected chi connectivity index (χ1v) is 15.3. The number of anilines is 1. The molecule has 4 aromatic carbocycles. The summed E-state index contributed by atoms with van der Waals surface area (Å²) < 4.78 is 32.8. The number of carbonyl (C=O) groups is 2. The molecule has 2 amide bonds. The Bertz CT molecular complexity index is 1890. The highest BCUT2D eigenvalue weighted by molar-refractivity contribution is 6.39. The van der Waals surface area contributed by atoms with Crippen molar-refractivity contribution in [2.24, 2.45) is 5.92 Å². The van der Waals surface area contributed by atoms with Crippen LogP contribution in [0.4, 0.5) is 10.1 Å². The van der Waals surface area contributed by atoms with Crippen LogP contribution in [0.5, 0.6) is 23.0 Å². The first-order valence-electron chi connectivity index (χ1n) is 15.3. The number of piperidine rings is 1. The first-order chi connectivity index (χ1) is 22.4. The van der Waals surface area contributed by atoms with E-state index in [9.17, 15) is 9.59 Å². The number of aromatic nitrogens is 1. The van der Waals surface area contributed by atoms with E-state index in [1.54, 1.807) is 38.4 Å². The van der Waals surface area contributed by atoms with Crippen LogP contribution in [-0.4, -0.2) is 43.6 Å². The molecular formula is C36H35FN4O5. The quantitative estimate of drug-likeness (QED) is 0.161. The first kappa shape index (κ1) is 30.8. The Morgan fingerprint density at radius 1 is 0.913 bits per heavy atom. The molecule has 5 aromatic rings. The second-order valence-electron chi connectivity index (χ2n) is 11.3. The summed E-state index contributed by atoms with van der Waals surface area (Å²) in [6.07, 6.45) is 3.68. The molecule has 0 bridgehead atoms. The van der Waals surface area contributed by atoms with Gasteiger partial charge in [-0.3, -0.25) is 14.6 Å². The van der Waals surface area contributed by atoms with Gasteiger partial charge in [-0.05, 0) is 85.4 Å². The molecule has 10 heteroatoms. The Kier molecular flexibility index (Phi) is 9.25. The maximum atomic E-state index is 15.2. The van der Waals surface area contributed by atoms with Crippen LogP contribution >= 0.6 is 0 Å². The molecule has 9 nitrogen and oxygen atoms in total. The summed E-state index contributed by atoms with van der Waals surface area (Å²) in [5, 5.41) is 11.2. The van der Waals surface area contributed by atoms with Gasteiger partial charge in [0.15, 0.2) is 23.1 Å². The van der Waals surface area contributed by atoms with Crippen LogP contribution in [0.3, 0.4) is 0 Å². The minimum absolute atomic E-state index is 0.0647. The van der Waals surface area contributed by atoms with Gasteiger partial charge < -0.3 is 30.2 Å². The average molecular weight is 623 g/mol. The Morgan fingerprint density at radius 2 is 1.72 bits per heavy atom. The summed E-state index contributed by atoms with van der Waals surface area (Å²) in [6, 6.07) is 22.5. The highest BCUT2D eigenvalue weighted by atomic mass is 19.1. The lowest BCUT2D eigenvalue weighted by atomic mass is 9.99. The SMILES string of the molecule is COc1cc2c(Oc3ccc(NC(=O)C(=O)NC(C)c4ccc5ccccc5c4)cc3F)ccnc2cc1OCC1CCNCC1. The molecule has 0 radical (unpaired) electrons. The summed E-state index contributed by atoms with van der Waals surface area (Å²) in [4.78, 5) is 29.7. The fourth-order valence-electron chi connectivity index (χ4n) is 5.54. The Morgan fingerprint density at radius 3 is 2.50 bits per heavy atom. The zero-order valence-electron chi connectivity index (χ0n) is 25.6. The van der Waals surface area contributed by atoms with E-state index in [0.29, 0.717) is 40.7 Å². The number of ether oxygens (including phenoxy) is 3. The van der Waals surface area contributed by atoms with Crippen molar-refractivity contribution in [3.05, 3.63) is 96.4 Å². The van der Waals surface area contributed by atoms with Crippen LogP contribution in [0.1, 0.15) is 31.4 Å². The molecule has 46 heavy (non-hydrogen) atoms. The lowest BCUT2D eigenvalue weighted by molar-refractivity contribution is -0.136. The van der Waals surface area contributed by atoms with Crippen molar-refractivity contribution in [1.82, 2.24) is 15.6 Å². The highest BCUT2D eigenvalue weighted by Crippen LogP contribution is 2.38. The van der Waals surface area contributed by atoms with Crippen molar-refractivity contribution in [2.75, 3.05) is 32.1 Å². The summed E-state index contributed by atoms with van der Waals surface area (Å²) >= 11 is 0. The van der Waals surface area contributed by atoms with E-state index >= 15 is 4.39 Å². The largest absolute Gasteiger partial charge is 0.493 e. The lowest BCUT2D eigenvalue weighted by Crippen LogP contribution is -2.36. The molecule has 0 aliphatic carbocycles. The van der Waals surface area contributed by atoms with E-state index in [0.717, 1.165) is 48.3 Å². The average Bonchev–Trinajstić information content (AvgIpc) is 3.08. The lowest BCUT2D eigenvalue weighted by Gasteiger charge is -2.23. The summed E-state index contributed by atoms with van der Waals surface area (Å²) in [5.41, 5.74) is 1.57. The molecule has 1 fully saturated rings. The maximum absolute atomic E-state index is 15.2. The molecule has 3 N–H and O–H groups in total. The number of nitrogens with one attached hydrogen (secondary N) is 3. The van der Waals surface area contributed by atoms with Gasteiger partial charge in [0.1, 0.15) is 5.75 Å². The van der Waals surface area contributed by atoms with E-state index in [1.165, 1.54) is 12.1 Å². The molecule has 236 valence electrons. The van der Waals surface area contributed by atoms with E-state index in [4.69, 9.17) is 14.2 Å². The number of amides is 2. The number of methoxy groups -OCH3 is 1. The standard InChI is InChI=1S/C36H35FN4O5/c1-22(25-8-7-24-5-3-4-6-26(24)17-25)40-35(42)36(43)41-27-9-10-32(29(37)18-27)46-31-13-16-39-30-20-34(33(44-2)19-28(30)31)45-21-23-11-14-38-15-12-23/h3-10,13,16-20,22-23,38H,11-12,14-15,21H2,1-2H3,(H,40,42)(H,41,43). The molecule has 0 spiro atoms. The van der Waals surface area contributed by atoms with Gasteiger partial charge >= 0.3 is 11.8 Å². The second kappa shape index (κ2) is 13.8. The molecular weight excluding hydrogens is 587 g/mol. The molecule has 1 saturated heterocycles. The molecule has 1 atom stereocenters. The molecule has 6 rings (SSSR count). The van der Waals surface area contributed by atoms with Crippen molar-refractivity contribution >= 4 is 39.2 Å². The van der Waals surface area contributed by atoms with Crippen LogP contribution < -0.4 is 30.2 Å². The van der Waals surface area contributed by atoms with E-state index in [2.05, 4.69) is 20.9 Å². The van der Waals surface area contributed by atoms with Crippen LogP contribution in [0.15, 0.2) is 85.1 Å². The highest BCUT2D eigenvalue weighted by Gasteiger charge is 2.20. The number of fused-ring (bicyclic) bond motifs is 2. The topological polar surface area (TPSA) is 111 Å². The number of rotatable bonds is 9. The summed E-state index contributed by atoms with van der Waals surface area (Å²) in [5.74, 6) is -0.596. The Balaban J connectivity index is 1.11. The minimum Gasteiger partial charge on any atom is -0.493 e. The van der Waals surface area contributed by atoms with Gasteiger partial charge in [0.2, 0.25) is 0 Å². The maximum Gasteiger partial charge on any atom is 0.313 e. The summed E-state index contributed by atoms with van der Waals surface area (Å²) in [7, 11) is 1.56. The van der Waals surface area contributed by atoms with Crippen molar-refractivity contribution < 1.29 is 28.2 Å². The molecule has 0 saturated carbocycles. The van der Waals surface area contributed by atoms with Gasteiger partial charge in [-0.1, -0.05) is 36.4 Å². The third kappa shape index (κ3) is 7.02. The predicted octanol–water partition coefficient (Wildman–Crippen LogP) is 6.52. The van der Waals surface area contributed by atoms with Crippen LogP contribution in [-0.2, 0) is 9.59 Å². The zero-order valence-corrected chi connectivity index (χ0v) is 25.6. The molecule has 2 heterocycles. The number of nitrogens with zero attached hydrogens (tertiary/aromatic N) is 1. The van der Waals surface area contributed by atoms with Crippen LogP contribution in [0.2, 0.25) is 0 Å². The zero-order chi connectivity index (χ0) is 32.0. The molecule has 1 aromatic heterocycles. The van der Waals surface area contributed by atoms with E-state index in [-0.39, 0.29) is 11.4 Å². The Labute approximate surface area is 266 Å². The third-order valence-electron chi connectivity index (χ3n) is 8.16. The molecule has 1 unspecified atom stereocenters. The third-order valence-corrected chi connectivity index (χ3v) is 8.16. The van der Waals surface area contributed by atoms with Gasteiger partial charge in [0.05, 0.1) is 25.3 Å². The fourth-order valence-corrected chi connectivity index (χ4v) is 5.54. The van der Waals surface area contributed by atoms with Gasteiger partial charge in [0.25, 0.3) is 0 Å². The number of pyridine rings is 1. The van der Waals surface area contributed by atoms with Crippen molar-refractivity contribution in [1.29, 1.82) is 0 Å². The minimum atomic E-state index is -0.911. The van der Waals surface area contributed by atoms with Gasteiger partial charge in [0, 0.05) is 29.4 Å². The van der Waals surface area contributed by atoms with Gasteiger partial charge in [-0.15, -0.1) is 0 Å². The van der Waals surface area contributed by atoms with Gasteiger partial charge in [-0.2, -0.15) is 0 Å². The summed E-state index contributed by atoms with van der Waals surface area (Å²) in [6.45, 7) is 4.34. The van der Waals surface area contributed by atoms with Crippen LogP contribution in [0, 0.1) is 11.7 Å². The Hall–Kier alpha value is -5.22. The number of benzene rings is 4. The number of halogens is 1. The smallest absolute Gasteiger partial charge is 0.313 e. The van der Waals surface area contributed by atoms with Gasteiger partial charge in [-0.25, -0.2) is 4.39 Å². The van der Waals surface area contributed by atoms with Crippen LogP contribution in [0.25, 0.3) is 21.7 Å². The number of hydrogen-bond acceptors (Lipinski definition) is 7. The van der Waals surface area contributed by atoms with Crippen molar-refractivity contribution in [2.45, 2.75) is 25.8 Å². The van der Waals surface area contributed by atoms with E-state index in [1.807, 2.05) is 42.5 Å². The van der Waals surface area contributed by atoms with E-state index < -0.39 is 23.7 Å². The fraction of sp³-hybridized carbons (Fsp3) is 0.250. The normalized spacial score (nSPS) is 14.1. The second-order valence-corrected chi connectivity index (χ2v) is 11.3. The van der Waals surface area contributed by atoms with Crippen molar-refractivity contribution in [3.8, 4) is 23.0 Å². The van der Waals surface area contributed by atoms with Crippen molar-refractivity contribution in [3.63, 3.8) is 0 Å². The predicted molar refractivity (Wildman–Crippen MR) is 175 cm³/mol. The number of hydrogen-bond donors (Lipinski definition) is 3.